The second-order valence-electron chi connectivity index (χ2n) is 7.76. The van der Waals surface area contributed by atoms with Crippen LogP contribution in [0.3, 0.4) is 0 Å². The molecular weight excluding hydrogens is 408 g/mol. The normalized spacial score (nSPS) is 15.8. The summed E-state index contributed by atoms with van der Waals surface area (Å²) in [6, 6.07) is 17.5. The number of nitrogens with zero attached hydrogens (tertiary/aromatic N) is 4. The van der Waals surface area contributed by atoms with Gasteiger partial charge in [0, 0.05) is 18.2 Å². The largest absolute Gasteiger partial charge is 0.294 e. The van der Waals surface area contributed by atoms with Crippen molar-refractivity contribution in [1.82, 2.24) is 19.6 Å². The molecule has 1 aliphatic carbocycles. The lowest BCUT2D eigenvalue weighted by Crippen LogP contribution is -2.21. The fourth-order valence-corrected chi connectivity index (χ4v) is 4.56. The van der Waals surface area contributed by atoms with Gasteiger partial charge in [-0.1, -0.05) is 71.9 Å². The summed E-state index contributed by atoms with van der Waals surface area (Å²) in [6.45, 7) is 2.05. The van der Waals surface area contributed by atoms with Crippen LogP contribution in [-0.2, 0) is 6.42 Å². The number of benzene rings is 2. The molecule has 2 heterocycles. The van der Waals surface area contributed by atoms with E-state index in [1.54, 1.807) is 18.3 Å². The summed E-state index contributed by atoms with van der Waals surface area (Å²) in [4.78, 5) is 34.2. The second kappa shape index (κ2) is 8.07. The van der Waals surface area contributed by atoms with Crippen molar-refractivity contribution in [2.75, 3.05) is 5.75 Å². The molecule has 2 aromatic carbocycles. The molecule has 0 saturated carbocycles. The predicted molar refractivity (Wildman–Crippen MR) is 119 cm³/mol. The Hall–Kier alpha value is -3.32. The molecule has 5 rings (SSSR count). The van der Waals surface area contributed by atoms with Crippen molar-refractivity contribution < 1.29 is 9.59 Å². The number of aryl methyl sites for hydroxylation is 1. The number of rotatable bonds is 5. The number of ketones is 2. The summed E-state index contributed by atoms with van der Waals surface area (Å²) in [7, 11) is 0. The molecule has 2 aromatic heterocycles. The van der Waals surface area contributed by atoms with E-state index in [1.807, 2.05) is 18.2 Å². The van der Waals surface area contributed by atoms with Crippen molar-refractivity contribution in [2.45, 2.75) is 30.8 Å². The highest BCUT2D eigenvalue weighted by Crippen LogP contribution is 2.32. The zero-order chi connectivity index (χ0) is 21.4. The van der Waals surface area contributed by atoms with Gasteiger partial charge in [0.1, 0.15) is 0 Å². The van der Waals surface area contributed by atoms with Crippen molar-refractivity contribution in [2.24, 2.45) is 0 Å². The third-order valence-electron chi connectivity index (χ3n) is 5.54. The van der Waals surface area contributed by atoms with Crippen molar-refractivity contribution in [3.8, 4) is 0 Å². The number of aromatic nitrogens is 4. The van der Waals surface area contributed by atoms with Crippen molar-refractivity contribution >= 4 is 29.1 Å². The Morgan fingerprint density at radius 3 is 2.61 bits per heavy atom. The maximum absolute atomic E-state index is 12.8. The van der Waals surface area contributed by atoms with Gasteiger partial charge in [0.2, 0.25) is 5.16 Å². The summed E-state index contributed by atoms with van der Waals surface area (Å²) >= 11 is 1.27. The lowest BCUT2D eigenvalue weighted by atomic mass is 9.82. The first-order valence-electron chi connectivity index (χ1n) is 10.1. The maximum atomic E-state index is 12.8. The lowest BCUT2D eigenvalue weighted by molar-refractivity contribution is 0.0961. The maximum Gasteiger partial charge on any atom is 0.253 e. The fourth-order valence-electron chi connectivity index (χ4n) is 3.84. The van der Waals surface area contributed by atoms with Crippen LogP contribution in [0, 0.1) is 6.92 Å². The molecule has 0 saturated heterocycles. The Morgan fingerprint density at radius 1 is 1.06 bits per heavy atom. The minimum atomic E-state index is 0.0211. The Kier molecular flexibility index (Phi) is 5.11. The highest BCUT2D eigenvalue weighted by molar-refractivity contribution is 7.99. The van der Waals surface area contributed by atoms with E-state index in [0.717, 1.165) is 11.3 Å². The van der Waals surface area contributed by atoms with E-state index < -0.39 is 0 Å². The van der Waals surface area contributed by atoms with Gasteiger partial charge in [-0.2, -0.15) is 4.98 Å². The smallest absolute Gasteiger partial charge is 0.253 e. The molecule has 31 heavy (non-hydrogen) atoms. The summed E-state index contributed by atoms with van der Waals surface area (Å²) < 4.78 is 1.54. The van der Waals surface area contributed by atoms with Gasteiger partial charge >= 0.3 is 0 Å². The standard InChI is InChI=1S/C24H20N4O2S/c1-15-7-9-16(10-8-15)18-11-20-19(21(29)12-18)13-28-23(25-20)26-24(27-28)31-14-22(30)17-5-3-2-4-6-17/h2-10,13,18H,11-12,14H2,1H3. The molecule has 0 spiro atoms. The van der Waals surface area contributed by atoms with Gasteiger partial charge in [0.15, 0.2) is 11.6 Å². The highest BCUT2D eigenvalue weighted by Gasteiger charge is 2.28. The van der Waals surface area contributed by atoms with E-state index in [0.29, 0.717) is 34.9 Å². The Morgan fingerprint density at radius 2 is 1.84 bits per heavy atom. The third kappa shape index (κ3) is 4.01. The first kappa shape index (κ1) is 19.6. The van der Waals surface area contributed by atoms with Crippen LogP contribution in [0.4, 0.5) is 0 Å². The molecule has 0 radical (unpaired) electrons. The topological polar surface area (TPSA) is 77.2 Å². The number of hydrogen-bond donors (Lipinski definition) is 0. The van der Waals surface area contributed by atoms with E-state index in [4.69, 9.17) is 0 Å². The third-order valence-corrected chi connectivity index (χ3v) is 6.38. The fraction of sp³-hybridized carbons (Fsp3) is 0.208. The Balaban J connectivity index is 1.37. The van der Waals surface area contributed by atoms with Crippen LogP contribution in [0.5, 0.6) is 0 Å². The molecule has 1 unspecified atom stereocenters. The molecule has 1 atom stereocenters. The molecule has 0 amide bonds. The van der Waals surface area contributed by atoms with Crippen LogP contribution < -0.4 is 0 Å². The molecule has 0 aliphatic heterocycles. The first-order valence-corrected chi connectivity index (χ1v) is 11.1. The molecule has 154 valence electrons. The molecule has 6 nitrogen and oxygen atoms in total. The Labute approximate surface area is 183 Å². The van der Waals surface area contributed by atoms with Crippen LogP contribution in [-0.4, -0.2) is 36.9 Å². The minimum Gasteiger partial charge on any atom is -0.294 e. The van der Waals surface area contributed by atoms with Crippen LogP contribution in [0.25, 0.3) is 5.78 Å². The monoisotopic (exact) mass is 428 g/mol. The molecule has 0 bridgehead atoms. The average molecular weight is 429 g/mol. The molecule has 0 fully saturated rings. The van der Waals surface area contributed by atoms with E-state index in [2.05, 4.69) is 46.3 Å². The number of hydrogen-bond acceptors (Lipinski definition) is 6. The lowest BCUT2D eigenvalue weighted by Gasteiger charge is -2.23. The first-order chi connectivity index (χ1) is 15.1. The second-order valence-corrected chi connectivity index (χ2v) is 8.70. The van der Waals surface area contributed by atoms with Crippen molar-refractivity contribution in [1.29, 1.82) is 0 Å². The number of carbonyl (C=O) groups excluding carboxylic acids is 2. The van der Waals surface area contributed by atoms with Crippen molar-refractivity contribution in [3.63, 3.8) is 0 Å². The van der Waals surface area contributed by atoms with Crippen LogP contribution in [0.1, 0.15) is 49.9 Å². The molecular formula is C24H20N4O2S. The summed E-state index contributed by atoms with van der Waals surface area (Å²) in [5, 5.41) is 4.88. The van der Waals surface area contributed by atoms with Crippen molar-refractivity contribution in [3.05, 3.63) is 88.7 Å². The Bertz CT molecular complexity index is 1280. The van der Waals surface area contributed by atoms with Gasteiger partial charge in [-0.25, -0.2) is 9.50 Å². The summed E-state index contributed by atoms with van der Waals surface area (Å²) in [6.07, 6.45) is 2.88. The molecule has 4 aromatic rings. The average Bonchev–Trinajstić information content (AvgIpc) is 3.19. The minimum absolute atomic E-state index is 0.0211. The predicted octanol–water partition coefficient (Wildman–Crippen LogP) is 4.32. The van der Waals surface area contributed by atoms with Gasteiger partial charge in [0.05, 0.1) is 17.0 Å². The molecule has 7 heteroatoms. The van der Waals surface area contributed by atoms with E-state index in [9.17, 15) is 9.59 Å². The number of thioether (sulfide) groups is 1. The zero-order valence-electron chi connectivity index (χ0n) is 17.0. The summed E-state index contributed by atoms with van der Waals surface area (Å²) in [5.41, 5.74) is 4.39. The van der Waals surface area contributed by atoms with Gasteiger partial charge in [-0.3, -0.25) is 9.59 Å². The summed E-state index contributed by atoms with van der Waals surface area (Å²) in [5.74, 6) is 0.911. The number of fused-ring (bicyclic) bond motifs is 2. The molecule has 0 N–H and O–H groups in total. The van der Waals surface area contributed by atoms with Gasteiger partial charge < -0.3 is 0 Å². The quantitative estimate of drug-likeness (QED) is 0.348. The van der Waals surface area contributed by atoms with E-state index in [-0.39, 0.29) is 23.2 Å². The molecule has 1 aliphatic rings. The van der Waals surface area contributed by atoms with Gasteiger partial charge in [-0.05, 0) is 24.8 Å². The van der Waals surface area contributed by atoms with Gasteiger partial charge in [0.25, 0.3) is 5.78 Å². The number of Topliss-reactive ketones (excluding diaryl/α,β-unsaturated/α-hetero) is 2. The van der Waals surface area contributed by atoms with Crippen LogP contribution >= 0.6 is 11.8 Å². The highest BCUT2D eigenvalue weighted by atomic mass is 32.2. The van der Waals surface area contributed by atoms with E-state index in [1.165, 1.54) is 21.8 Å². The SMILES string of the molecule is Cc1ccc(C2CC(=O)c3cn4nc(SCC(=O)c5ccccc5)nc4nc3C2)cc1. The van der Waals surface area contributed by atoms with E-state index >= 15 is 0 Å². The van der Waals surface area contributed by atoms with Crippen LogP contribution in [0.15, 0.2) is 66.0 Å². The zero-order valence-corrected chi connectivity index (χ0v) is 17.8. The van der Waals surface area contributed by atoms with Crippen LogP contribution in [0.2, 0.25) is 0 Å². The van der Waals surface area contributed by atoms with Gasteiger partial charge in [-0.15, -0.1) is 5.10 Å². The number of carbonyl (C=O) groups is 2.